The van der Waals surface area contributed by atoms with Gasteiger partial charge in [0.05, 0.1) is 17.9 Å². The standard InChI is InChI=1S/C15H22N6O2S/c1-11-15(12(2)20(3)19-11)24(22,23)17-10-13-16-7-6-14(18-13)21-8-4-5-9-21/h6-7,17H,4-5,8-10H2,1-3H3. The molecule has 0 bridgehead atoms. The number of sulfonamides is 1. The lowest BCUT2D eigenvalue weighted by molar-refractivity contribution is 0.577. The number of nitrogens with zero attached hydrogens (tertiary/aromatic N) is 5. The summed E-state index contributed by atoms with van der Waals surface area (Å²) >= 11 is 0. The van der Waals surface area contributed by atoms with Crippen molar-refractivity contribution in [1.82, 2.24) is 24.5 Å². The molecule has 8 nitrogen and oxygen atoms in total. The SMILES string of the molecule is Cc1nn(C)c(C)c1S(=O)(=O)NCc1nccc(N2CCCC2)n1. The first-order chi connectivity index (χ1) is 11.4. The lowest BCUT2D eigenvalue weighted by atomic mass is 10.4. The van der Waals surface area contributed by atoms with Crippen molar-refractivity contribution in [3.05, 3.63) is 29.5 Å². The number of hydrogen-bond donors (Lipinski definition) is 1. The first kappa shape index (κ1) is 16.8. The van der Waals surface area contributed by atoms with Crippen molar-refractivity contribution in [3.8, 4) is 0 Å². The molecule has 0 spiro atoms. The average molecular weight is 350 g/mol. The number of anilines is 1. The topological polar surface area (TPSA) is 93.0 Å². The molecular formula is C15H22N6O2S. The zero-order valence-electron chi connectivity index (χ0n) is 14.2. The zero-order chi connectivity index (χ0) is 17.3. The molecule has 0 aromatic carbocycles. The van der Waals surface area contributed by atoms with Crippen molar-refractivity contribution in [2.24, 2.45) is 7.05 Å². The Morgan fingerprint density at radius 1 is 1.25 bits per heavy atom. The maximum absolute atomic E-state index is 12.6. The van der Waals surface area contributed by atoms with E-state index < -0.39 is 10.0 Å². The summed E-state index contributed by atoms with van der Waals surface area (Å²) in [6, 6.07) is 1.86. The summed E-state index contributed by atoms with van der Waals surface area (Å²) in [5, 5.41) is 4.16. The van der Waals surface area contributed by atoms with Crippen LogP contribution in [0.1, 0.15) is 30.1 Å². The highest BCUT2D eigenvalue weighted by Crippen LogP contribution is 2.19. The molecular weight excluding hydrogens is 328 g/mol. The van der Waals surface area contributed by atoms with E-state index in [0.29, 0.717) is 17.2 Å². The lowest BCUT2D eigenvalue weighted by Crippen LogP contribution is -2.26. The van der Waals surface area contributed by atoms with Crippen LogP contribution >= 0.6 is 0 Å². The first-order valence-electron chi connectivity index (χ1n) is 7.95. The fraction of sp³-hybridized carbons (Fsp3) is 0.533. The Morgan fingerprint density at radius 3 is 2.58 bits per heavy atom. The van der Waals surface area contributed by atoms with Gasteiger partial charge in [0.15, 0.2) is 0 Å². The summed E-state index contributed by atoms with van der Waals surface area (Å²) in [5.74, 6) is 1.31. The van der Waals surface area contributed by atoms with Crippen LogP contribution in [-0.2, 0) is 23.6 Å². The highest BCUT2D eigenvalue weighted by Gasteiger charge is 2.24. The number of hydrogen-bond acceptors (Lipinski definition) is 6. The van der Waals surface area contributed by atoms with E-state index in [9.17, 15) is 8.42 Å². The third-order valence-electron chi connectivity index (χ3n) is 4.25. The van der Waals surface area contributed by atoms with Crippen LogP contribution in [0.25, 0.3) is 0 Å². The van der Waals surface area contributed by atoms with Gasteiger partial charge >= 0.3 is 0 Å². The molecule has 0 unspecified atom stereocenters. The molecule has 3 heterocycles. The van der Waals surface area contributed by atoms with Crippen molar-refractivity contribution >= 4 is 15.8 Å². The maximum Gasteiger partial charge on any atom is 0.244 e. The van der Waals surface area contributed by atoms with Crippen LogP contribution in [0.5, 0.6) is 0 Å². The third kappa shape index (κ3) is 3.27. The molecule has 0 saturated carbocycles. The molecule has 1 saturated heterocycles. The molecule has 1 fully saturated rings. The van der Waals surface area contributed by atoms with Crippen LogP contribution in [0.2, 0.25) is 0 Å². The minimum Gasteiger partial charge on any atom is -0.357 e. The lowest BCUT2D eigenvalue weighted by Gasteiger charge is -2.16. The fourth-order valence-electron chi connectivity index (χ4n) is 2.97. The first-order valence-corrected chi connectivity index (χ1v) is 9.43. The van der Waals surface area contributed by atoms with Gasteiger partial charge in [0.1, 0.15) is 16.5 Å². The van der Waals surface area contributed by atoms with E-state index in [0.717, 1.165) is 31.7 Å². The largest absolute Gasteiger partial charge is 0.357 e. The second kappa shape index (κ2) is 6.48. The molecule has 2 aromatic rings. The molecule has 2 aromatic heterocycles. The molecule has 0 aliphatic carbocycles. The normalized spacial score (nSPS) is 15.2. The van der Waals surface area contributed by atoms with Crippen molar-refractivity contribution in [1.29, 1.82) is 0 Å². The van der Waals surface area contributed by atoms with Gasteiger partial charge in [-0.3, -0.25) is 4.68 Å². The summed E-state index contributed by atoms with van der Waals surface area (Å²) in [7, 11) is -1.93. The Morgan fingerprint density at radius 2 is 1.96 bits per heavy atom. The Labute approximate surface area is 142 Å². The van der Waals surface area contributed by atoms with Crippen LogP contribution in [0, 0.1) is 13.8 Å². The molecule has 9 heteroatoms. The van der Waals surface area contributed by atoms with Crippen LogP contribution in [0.4, 0.5) is 5.82 Å². The summed E-state index contributed by atoms with van der Waals surface area (Å²) in [4.78, 5) is 11.1. The highest BCUT2D eigenvalue weighted by molar-refractivity contribution is 7.89. The minimum absolute atomic E-state index is 0.0534. The Balaban J connectivity index is 1.76. The molecule has 1 aliphatic heterocycles. The van der Waals surface area contributed by atoms with Crippen molar-refractivity contribution < 1.29 is 8.42 Å². The monoisotopic (exact) mass is 350 g/mol. The predicted molar refractivity (Wildman–Crippen MR) is 90.2 cm³/mol. The molecule has 1 N–H and O–H groups in total. The molecule has 3 rings (SSSR count). The van der Waals surface area contributed by atoms with E-state index in [-0.39, 0.29) is 11.4 Å². The smallest absolute Gasteiger partial charge is 0.244 e. The van der Waals surface area contributed by atoms with Crippen LogP contribution in [-0.4, -0.2) is 41.3 Å². The predicted octanol–water partition coefficient (Wildman–Crippen LogP) is 0.906. The van der Waals surface area contributed by atoms with Crippen LogP contribution < -0.4 is 9.62 Å². The van der Waals surface area contributed by atoms with Gasteiger partial charge in [-0.05, 0) is 32.8 Å². The number of nitrogens with one attached hydrogen (secondary N) is 1. The number of aromatic nitrogens is 4. The molecule has 0 radical (unpaired) electrons. The second-order valence-corrected chi connectivity index (χ2v) is 7.68. The maximum atomic E-state index is 12.6. The number of rotatable bonds is 5. The Kier molecular flexibility index (Phi) is 4.55. The fourth-order valence-corrected chi connectivity index (χ4v) is 4.38. The summed E-state index contributed by atoms with van der Waals surface area (Å²) in [6.45, 7) is 5.44. The van der Waals surface area contributed by atoms with Gasteiger partial charge in [-0.1, -0.05) is 0 Å². The van der Waals surface area contributed by atoms with Gasteiger partial charge in [-0.2, -0.15) is 5.10 Å². The van der Waals surface area contributed by atoms with Crippen molar-refractivity contribution in [2.75, 3.05) is 18.0 Å². The molecule has 130 valence electrons. The molecule has 1 aliphatic rings. The molecule has 24 heavy (non-hydrogen) atoms. The average Bonchev–Trinajstić information content (AvgIpc) is 3.15. The summed E-state index contributed by atoms with van der Waals surface area (Å²) < 4.78 is 29.3. The van der Waals surface area contributed by atoms with Gasteiger partial charge in [-0.25, -0.2) is 23.1 Å². The highest BCUT2D eigenvalue weighted by atomic mass is 32.2. The molecule has 0 atom stereocenters. The van der Waals surface area contributed by atoms with Gasteiger partial charge in [0.25, 0.3) is 0 Å². The van der Waals surface area contributed by atoms with Gasteiger partial charge in [0, 0.05) is 26.3 Å². The number of aryl methyl sites for hydroxylation is 2. The van der Waals surface area contributed by atoms with Crippen molar-refractivity contribution in [3.63, 3.8) is 0 Å². The Hall–Kier alpha value is -2.00. The quantitative estimate of drug-likeness (QED) is 0.861. The van der Waals surface area contributed by atoms with E-state index in [1.165, 1.54) is 0 Å². The van der Waals surface area contributed by atoms with E-state index in [1.54, 1.807) is 31.8 Å². The summed E-state index contributed by atoms with van der Waals surface area (Å²) in [6.07, 6.45) is 3.99. The molecule has 0 amide bonds. The van der Waals surface area contributed by atoms with E-state index in [4.69, 9.17) is 0 Å². The van der Waals surface area contributed by atoms with Gasteiger partial charge < -0.3 is 4.90 Å². The second-order valence-electron chi connectivity index (χ2n) is 5.97. The van der Waals surface area contributed by atoms with E-state index in [1.807, 2.05) is 6.07 Å². The summed E-state index contributed by atoms with van der Waals surface area (Å²) in [5.41, 5.74) is 1.08. The van der Waals surface area contributed by atoms with Gasteiger partial charge in [-0.15, -0.1) is 0 Å². The zero-order valence-corrected chi connectivity index (χ0v) is 15.0. The minimum atomic E-state index is -3.66. The third-order valence-corrected chi connectivity index (χ3v) is 5.91. The van der Waals surface area contributed by atoms with Crippen LogP contribution in [0.15, 0.2) is 17.2 Å². The van der Waals surface area contributed by atoms with E-state index in [2.05, 4.69) is 24.7 Å². The van der Waals surface area contributed by atoms with Crippen molar-refractivity contribution in [2.45, 2.75) is 38.1 Å². The van der Waals surface area contributed by atoms with Crippen LogP contribution in [0.3, 0.4) is 0 Å². The van der Waals surface area contributed by atoms with E-state index >= 15 is 0 Å². The Bertz CT molecular complexity index is 840. The van der Waals surface area contributed by atoms with Gasteiger partial charge in [0.2, 0.25) is 10.0 Å².